The van der Waals surface area contributed by atoms with E-state index in [1.54, 1.807) is 0 Å². The van der Waals surface area contributed by atoms with Crippen molar-refractivity contribution in [3.8, 4) is 0 Å². The molecule has 4 heteroatoms. The van der Waals surface area contributed by atoms with Crippen molar-refractivity contribution >= 4 is 5.82 Å². The molecule has 2 heterocycles. The summed E-state index contributed by atoms with van der Waals surface area (Å²) in [6, 6.07) is 10.7. The molecular weight excluding hydrogens is 265 g/mol. The van der Waals surface area contributed by atoms with Crippen LogP contribution in [-0.2, 0) is 6.42 Å². The van der Waals surface area contributed by atoms with Crippen LogP contribution in [0.5, 0.6) is 0 Å². The maximum Gasteiger partial charge on any atom is 0.187 e. The van der Waals surface area contributed by atoms with Crippen molar-refractivity contribution in [3.05, 3.63) is 53.7 Å². The second-order valence-electron chi connectivity index (χ2n) is 5.55. The fourth-order valence-corrected chi connectivity index (χ4v) is 3.23. The Balaban J connectivity index is 1.89. The molecule has 2 aromatic rings. The zero-order valence-corrected chi connectivity index (χ0v) is 12.5. The van der Waals surface area contributed by atoms with Crippen LogP contribution in [0.25, 0.3) is 0 Å². The predicted molar refractivity (Wildman–Crippen MR) is 82.0 cm³/mol. The molecule has 1 aliphatic rings. The van der Waals surface area contributed by atoms with E-state index < -0.39 is 0 Å². The zero-order valence-electron chi connectivity index (χ0n) is 12.5. The summed E-state index contributed by atoms with van der Waals surface area (Å²) >= 11 is 0. The number of aromatic nitrogens is 2. The van der Waals surface area contributed by atoms with Gasteiger partial charge in [0, 0.05) is 18.5 Å². The first-order valence-electron chi connectivity index (χ1n) is 7.53. The Morgan fingerprint density at radius 2 is 2.00 bits per heavy atom. The zero-order chi connectivity index (χ0) is 14.8. The molecule has 2 atom stereocenters. The molecule has 0 bridgehead atoms. The Morgan fingerprint density at radius 3 is 2.71 bits per heavy atom. The second-order valence-corrected chi connectivity index (χ2v) is 5.55. The van der Waals surface area contributed by atoms with Crippen LogP contribution >= 0.6 is 0 Å². The lowest BCUT2D eigenvalue weighted by atomic mass is 9.93. The van der Waals surface area contributed by atoms with Crippen LogP contribution in [0.1, 0.15) is 37.4 Å². The number of aryl methyl sites for hydroxylation is 1. The highest BCUT2D eigenvalue weighted by Gasteiger charge is 2.34. The first kappa shape index (κ1) is 14.0. The Bertz CT molecular complexity index is 615. The van der Waals surface area contributed by atoms with Crippen LogP contribution < -0.4 is 4.90 Å². The second kappa shape index (κ2) is 5.80. The van der Waals surface area contributed by atoms with Gasteiger partial charge in [0.25, 0.3) is 0 Å². The molecule has 0 N–H and O–H groups in total. The van der Waals surface area contributed by atoms with E-state index in [1.807, 2.05) is 13.0 Å². The summed E-state index contributed by atoms with van der Waals surface area (Å²) in [5.74, 6) is 0.610. The number of anilines is 1. The highest BCUT2D eigenvalue weighted by molar-refractivity contribution is 5.45. The maximum atomic E-state index is 14.5. The quantitative estimate of drug-likeness (QED) is 0.863. The first-order valence-corrected chi connectivity index (χ1v) is 7.53. The molecular formula is C17H20FN3. The Hall–Kier alpha value is -1.97. The Labute approximate surface area is 124 Å². The standard InChI is InChI=1S/C17H20FN3/c1-3-15-16(18)17(20-11-19-15)21-10-9-14(12(21)2)13-7-5-4-6-8-13/h4-8,11-12,14H,3,9-10H2,1-2H3. The van der Waals surface area contributed by atoms with Crippen molar-refractivity contribution in [2.75, 3.05) is 11.4 Å². The molecule has 0 aliphatic carbocycles. The summed E-state index contributed by atoms with van der Waals surface area (Å²) in [4.78, 5) is 10.3. The molecule has 0 amide bonds. The van der Waals surface area contributed by atoms with Gasteiger partial charge in [-0.1, -0.05) is 37.3 Å². The Kier molecular flexibility index (Phi) is 3.86. The molecule has 1 aromatic heterocycles. The van der Waals surface area contributed by atoms with Gasteiger partial charge in [0.05, 0.1) is 5.69 Å². The molecule has 1 saturated heterocycles. The average Bonchev–Trinajstić information content (AvgIpc) is 2.90. The minimum atomic E-state index is -0.263. The summed E-state index contributed by atoms with van der Waals surface area (Å²) in [5, 5.41) is 0. The molecule has 3 nitrogen and oxygen atoms in total. The van der Waals surface area contributed by atoms with E-state index in [2.05, 4.69) is 46.1 Å². The van der Waals surface area contributed by atoms with E-state index in [0.717, 1.165) is 13.0 Å². The molecule has 3 rings (SSSR count). The van der Waals surface area contributed by atoms with Crippen molar-refractivity contribution < 1.29 is 4.39 Å². The first-order chi connectivity index (χ1) is 10.2. The molecule has 1 aromatic carbocycles. The van der Waals surface area contributed by atoms with Gasteiger partial charge in [-0.15, -0.1) is 0 Å². The summed E-state index contributed by atoms with van der Waals surface area (Å²) in [5.41, 5.74) is 1.81. The van der Waals surface area contributed by atoms with Gasteiger partial charge in [0.2, 0.25) is 0 Å². The minimum absolute atomic E-state index is 0.238. The summed E-state index contributed by atoms with van der Waals surface area (Å²) in [6.45, 7) is 4.89. The lowest BCUT2D eigenvalue weighted by Gasteiger charge is -2.26. The topological polar surface area (TPSA) is 29.0 Å². The number of hydrogen-bond acceptors (Lipinski definition) is 3. The number of hydrogen-bond donors (Lipinski definition) is 0. The fraction of sp³-hybridized carbons (Fsp3) is 0.412. The van der Waals surface area contributed by atoms with Crippen LogP contribution in [-0.4, -0.2) is 22.6 Å². The van der Waals surface area contributed by atoms with Gasteiger partial charge in [0.15, 0.2) is 11.6 Å². The lowest BCUT2D eigenvalue weighted by molar-refractivity contribution is 0.571. The summed E-state index contributed by atoms with van der Waals surface area (Å²) in [7, 11) is 0. The van der Waals surface area contributed by atoms with Gasteiger partial charge in [0.1, 0.15) is 6.33 Å². The third kappa shape index (κ3) is 2.50. The smallest absolute Gasteiger partial charge is 0.187 e. The van der Waals surface area contributed by atoms with Crippen LogP contribution in [0.4, 0.5) is 10.2 Å². The number of rotatable bonds is 3. The third-order valence-electron chi connectivity index (χ3n) is 4.43. The molecule has 2 unspecified atom stereocenters. The highest BCUT2D eigenvalue weighted by Crippen LogP contribution is 2.36. The van der Waals surface area contributed by atoms with Crippen LogP contribution in [0.15, 0.2) is 36.7 Å². The third-order valence-corrected chi connectivity index (χ3v) is 4.43. The van der Waals surface area contributed by atoms with Crippen molar-refractivity contribution in [2.45, 2.75) is 38.6 Å². The minimum Gasteiger partial charge on any atom is -0.351 e. The lowest BCUT2D eigenvalue weighted by Crippen LogP contribution is -2.31. The number of benzene rings is 1. The normalized spacial score (nSPS) is 21.8. The molecule has 0 spiro atoms. The molecule has 1 fully saturated rings. The van der Waals surface area contributed by atoms with Gasteiger partial charge >= 0.3 is 0 Å². The highest BCUT2D eigenvalue weighted by atomic mass is 19.1. The van der Waals surface area contributed by atoms with Crippen LogP contribution in [0.3, 0.4) is 0 Å². The molecule has 0 radical (unpaired) electrons. The van der Waals surface area contributed by atoms with Crippen molar-refractivity contribution in [3.63, 3.8) is 0 Å². The monoisotopic (exact) mass is 285 g/mol. The van der Waals surface area contributed by atoms with E-state index in [1.165, 1.54) is 11.9 Å². The van der Waals surface area contributed by atoms with E-state index in [-0.39, 0.29) is 11.9 Å². The largest absolute Gasteiger partial charge is 0.351 e. The van der Waals surface area contributed by atoms with E-state index >= 15 is 0 Å². The van der Waals surface area contributed by atoms with Gasteiger partial charge in [-0.05, 0) is 25.3 Å². The maximum absolute atomic E-state index is 14.5. The molecule has 1 aliphatic heterocycles. The van der Waals surface area contributed by atoms with Gasteiger partial charge in [-0.3, -0.25) is 0 Å². The van der Waals surface area contributed by atoms with Crippen molar-refractivity contribution in [1.29, 1.82) is 0 Å². The average molecular weight is 285 g/mol. The van der Waals surface area contributed by atoms with Crippen molar-refractivity contribution in [2.24, 2.45) is 0 Å². The summed E-state index contributed by atoms with van der Waals surface area (Å²) < 4.78 is 14.5. The predicted octanol–water partition coefficient (Wildman–Crippen LogP) is 3.56. The fourth-order valence-electron chi connectivity index (χ4n) is 3.23. The summed E-state index contributed by atoms with van der Waals surface area (Å²) in [6.07, 6.45) is 3.08. The molecule has 21 heavy (non-hydrogen) atoms. The van der Waals surface area contributed by atoms with E-state index in [4.69, 9.17) is 0 Å². The number of nitrogens with zero attached hydrogens (tertiary/aromatic N) is 3. The van der Waals surface area contributed by atoms with E-state index in [9.17, 15) is 4.39 Å². The van der Waals surface area contributed by atoms with E-state index in [0.29, 0.717) is 23.9 Å². The van der Waals surface area contributed by atoms with Crippen molar-refractivity contribution in [1.82, 2.24) is 9.97 Å². The van der Waals surface area contributed by atoms with Crippen LogP contribution in [0, 0.1) is 5.82 Å². The SMILES string of the molecule is CCc1ncnc(N2CCC(c3ccccc3)C2C)c1F. The van der Waals surface area contributed by atoms with Gasteiger partial charge < -0.3 is 4.90 Å². The number of halogens is 1. The molecule has 0 saturated carbocycles. The molecule has 110 valence electrons. The van der Waals surface area contributed by atoms with Gasteiger partial charge in [-0.2, -0.15) is 0 Å². The van der Waals surface area contributed by atoms with Gasteiger partial charge in [-0.25, -0.2) is 14.4 Å². The van der Waals surface area contributed by atoms with Crippen LogP contribution in [0.2, 0.25) is 0 Å². The Morgan fingerprint density at radius 1 is 1.24 bits per heavy atom.